The summed E-state index contributed by atoms with van der Waals surface area (Å²) in [5.74, 6) is -1.10. The predicted molar refractivity (Wildman–Crippen MR) is 177 cm³/mol. The van der Waals surface area contributed by atoms with Crippen LogP contribution in [-0.4, -0.2) is 35.6 Å². The number of hydrogen-bond acceptors (Lipinski definition) is 7. The minimum absolute atomic E-state index is 0.108. The van der Waals surface area contributed by atoms with Crippen molar-refractivity contribution in [1.29, 1.82) is 0 Å². The van der Waals surface area contributed by atoms with E-state index in [1.807, 2.05) is 35.7 Å². The van der Waals surface area contributed by atoms with Crippen LogP contribution in [0.4, 0.5) is 15.2 Å². The van der Waals surface area contributed by atoms with Crippen LogP contribution in [0, 0.1) is 5.82 Å². The molecule has 1 aromatic heterocycles. The van der Waals surface area contributed by atoms with Crippen molar-refractivity contribution in [1.82, 2.24) is 10.3 Å². The van der Waals surface area contributed by atoms with Crippen LogP contribution in [-0.2, 0) is 9.59 Å². The number of carbonyl (C=O) groups is 3. The number of nitrogens with zero attached hydrogens (tertiary/aromatic N) is 1. The number of halogens is 1. The predicted octanol–water partition coefficient (Wildman–Crippen LogP) is 7.10. The highest BCUT2D eigenvalue weighted by Gasteiger charge is 2.16. The zero-order valence-corrected chi connectivity index (χ0v) is 25.6. The number of benzene rings is 4. The van der Waals surface area contributed by atoms with Crippen molar-refractivity contribution in [3.63, 3.8) is 0 Å². The fraction of sp³-hybridized carbons (Fsp3) is 0.0588. The Labute approximate surface area is 267 Å². The molecule has 0 aliphatic heterocycles. The molecule has 0 aliphatic rings. The number of thioether (sulfide) groups is 1. The summed E-state index contributed by atoms with van der Waals surface area (Å²) in [5, 5.41) is 10.5. The number of ether oxygens (including phenoxy) is 1. The Hall–Kier alpha value is -5.26. The van der Waals surface area contributed by atoms with E-state index in [4.69, 9.17) is 4.74 Å². The van der Waals surface area contributed by atoms with Gasteiger partial charge in [0.15, 0.2) is 5.13 Å². The standard InChI is InChI=1S/C34H27FN4O4S2/c1-43-26-14-7-12-24(17-26)30-20-45-34(38-30)39-31(40)21-44-27-15-8-13-25(19-27)36-33(42)29(18-23-11-5-6-16-28(23)35)37-32(41)22-9-3-2-4-10-22/h2-20H,21H2,1H3,(H,36,42)(H,37,41)(H,38,39,40)/b29-18-. The third-order valence-electron chi connectivity index (χ3n) is 6.31. The normalized spacial score (nSPS) is 11.0. The van der Waals surface area contributed by atoms with Gasteiger partial charge in [-0.05, 0) is 54.6 Å². The topological polar surface area (TPSA) is 109 Å². The van der Waals surface area contributed by atoms with Gasteiger partial charge in [0.2, 0.25) is 5.91 Å². The molecule has 226 valence electrons. The van der Waals surface area contributed by atoms with E-state index in [2.05, 4.69) is 20.9 Å². The van der Waals surface area contributed by atoms with Gasteiger partial charge in [-0.2, -0.15) is 0 Å². The number of amides is 3. The molecule has 0 atom stereocenters. The molecular formula is C34H27FN4O4S2. The molecule has 3 amide bonds. The number of hydrogen-bond donors (Lipinski definition) is 3. The smallest absolute Gasteiger partial charge is 0.272 e. The van der Waals surface area contributed by atoms with Gasteiger partial charge in [0.25, 0.3) is 11.8 Å². The average Bonchev–Trinajstić information content (AvgIpc) is 3.53. The lowest BCUT2D eigenvalue weighted by molar-refractivity contribution is -0.114. The Morgan fingerprint density at radius 3 is 2.49 bits per heavy atom. The summed E-state index contributed by atoms with van der Waals surface area (Å²) >= 11 is 2.61. The maximum absolute atomic E-state index is 14.4. The molecule has 0 fully saturated rings. The highest BCUT2D eigenvalue weighted by molar-refractivity contribution is 8.00. The van der Waals surface area contributed by atoms with Crippen LogP contribution in [0.5, 0.6) is 5.75 Å². The monoisotopic (exact) mass is 638 g/mol. The van der Waals surface area contributed by atoms with Crippen molar-refractivity contribution in [3.05, 3.63) is 131 Å². The van der Waals surface area contributed by atoms with Gasteiger partial charge in [0.05, 0.1) is 18.6 Å². The largest absolute Gasteiger partial charge is 0.497 e. The summed E-state index contributed by atoms with van der Waals surface area (Å²) in [4.78, 5) is 44.1. The third kappa shape index (κ3) is 8.65. The maximum Gasteiger partial charge on any atom is 0.272 e. The lowest BCUT2D eigenvalue weighted by Gasteiger charge is -2.12. The SMILES string of the molecule is COc1cccc(-c2csc(NC(=O)CSc3cccc(NC(=O)/C(=C/c4ccccc4F)NC(=O)c4ccccc4)c3)n2)c1. The molecule has 0 aliphatic carbocycles. The number of anilines is 2. The van der Waals surface area contributed by atoms with Crippen LogP contribution < -0.4 is 20.7 Å². The van der Waals surface area contributed by atoms with Crippen LogP contribution >= 0.6 is 23.1 Å². The van der Waals surface area contributed by atoms with E-state index < -0.39 is 17.6 Å². The van der Waals surface area contributed by atoms with Crippen LogP contribution in [0.15, 0.2) is 119 Å². The molecule has 0 saturated heterocycles. The molecule has 5 rings (SSSR count). The molecule has 0 saturated carbocycles. The lowest BCUT2D eigenvalue weighted by atomic mass is 10.1. The van der Waals surface area contributed by atoms with Gasteiger partial charge in [0.1, 0.15) is 17.3 Å². The molecule has 4 aromatic carbocycles. The van der Waals surface area contributed by atoms with Crippen molar-refractivity contribution in [2.45, 2.75) is 4.90 Å². The van der Waals surface area contributed by atoms with Gasteiger partial charge in [-0.1, -0.05) is 54.6 Å². The molecule has 0 unspecified atom stereocenters. The highest BCUT2D eigenvalue weighted by atomic mass is 32.2. The summed E-state index contributed by atoms with van der Waals surface area (Å²) in [6.07, 6.45) is 1.28. The van der Waals surface area contributed by atoms with Crippen LogP contribution in [0.3, 0.4) is 0 Å². The van der Waals surface area contributed by atoms with E-state index in [1.165, 1.54) is 47.4 Å². The van der Waals surface area contributed by atoms with Crippen molar-refractivity contribution < 1.29 is 23.5 Å². The number of thiazole rings is 1. The molecule has 45 heavy (non-hydrogen) atoms. The van der Waals surface area contributed by atoms with E-state index in [0.29, 0.717) is 16.4 Å². The van der Waals surface area contributed by atoms with Gasteiger partial charge < -0.3 is 20.7 Å². The maximum atomic E-state index is 14.4. The summed E-state index contributed by atoms with van der Waals surface area (Å²) in [6, 6.07) is 28.8. The molecule has 1 heterocycles. The summed E-state index contributed by atoms with van der Waals surface area (Å²) in [5.41, 5.74) is 2.39. The molecule has 3 N–H and O–H groups in total. The summed E-state index contributed by atoms with van der Waals surface area (Å²) in [6.45, 7) is 0. The second-order valence-electron chi connectivity index (χ2n) is 9.49. The molecule has 5 aromatic rings. The van der Waals surface area contributed by atoms with Gasteiger partial charge in [-0.15, -0.1) is 23.1 Å². The Balaban J connectivity index is 1.22. The molecule has 8 nitrogen and oxygen atoms in total. The Morgan fingerprint density at radius 1 is 0.911 bits per heavy atom. The molecule has 0 radical (unpaired) electrons. The molecule has 0 bridgehead atoms. The molecular weight excluding hydrogens is 612 g/mol. The van der Waals surface area contributed by atoms with E-state index in [0.717, 1.165) is 21.9 Å². The first-order chi connectivity index (χ1) is 21.9. The first kappa shape index (κ1) is 31.2. The Bertz CT molecular complexity index is 1860. The van der Waals surface area contributed by atoms with Gasteiger partial charge >= 0.3 is 0 Å². The number of carbonyl (C=O) groups excluding carboxylic acids is 3. The first-order valence-corrected chi connectivity index (χ1v) is 15.5. The molecule has 0 spiro atoms. The minimum atomic E-state index is -0.641. The Kier molecular flexibility index (Phi) is 10.4. The van der Waals surface area contributed by atoms with E-state index in [1.54, 1.807) is 61.7 Å². The van der Waals surface area contributed by atoms with Crippen molar-refractivity contribution in [2.75, 3.05) is 23.5 Å². The average molecular weight is 639 g/mol. The second kappa shape index (κ2) is 15.0. The van der Waals surface area contributed by atoms with Gasteiger partial charge in [-0.3, -0.25) is 14.4 Å². The van der Waals surface area contributed by atoms with Crippen LogP contribution in [0.1, 0.15) is 15.9 Å². The zero-order valence-electron chi connectivity index (χ0n) is 24.0. The quantitative estimate of drug-likeness (QED) is 0.105. The van der Waals surface area contributed by atoms with E-state index in [9.17, 15) is 18.8 Å². The van der Waals surface area contributed by atoms with E-state index >= 15 is 0 Å². The van der Waals surface area contributed by atoms with Gasteiger partial charge in [0, 0.05) is 32.7 Å². The van der Waals surface area contributed by atoms with Crippen molar-refractivity contribution >= 4 is 57.7 Å². The third-order valence-corrected chi connectivity index (χ3v) is 8.06. The highest BCUT2D eigenvalue weighted by Crippen LogP contribution is 2.28. The fourth-order valence-corrected chi connectivity index (χ4v) is 5.59. The summed E-state index contributed by atoms with van der Waals surface area (Å²) < 4.78 is 19.7. The van der Waals surface area contributed by atoms with Crippen LogP contribution in [0.2, 0.25) is 0 Å². The Morgan fingerprint density at radius 2 is 1.69 bits per heavy atom. The number of rotatable bonds is 11. The number of nitrogens with one attached hydrogen (secondary N) is 3. The lowest BCUT2D eigenvalue weighted by Crippen LogP contribution is -2.30. The fourth-order valence-electron chi connectivity index (χ4n) is 4.10. The summed E-state index contributed by atoms with van der Waals surface area (Å²) in [7, 11) is 1.60. The van der Waals surface area contributed by atoms with Crippen molar-refractivity contribution in [3.8, 4) is 17.0 Å². The number of aromatic nitrogens is 1. The zero-order chi connectivity index (χ0) is 31.6. The van der Waals surface area contributed by atoms with Crippen LogP contribution in [0.25, 0.3) is 17.3 Å². The first-order valence-electron chi connectivity index (χ1n) is 13.6. The molecule has 11 heteroatoms. The van der Waals surface area contributed by atoms with Crippen molar-refractivity contribution in [2.24, 2.45) is 0 Å². The van der Waals surface area contributed by atoms with Gasteiger partial charge in [-0.25, -0.2) is 9.37 Å². The minimum Gasteiger partial charge on any atom is -0.497 e. The second-order valence-corrected chi connectivity index (χ2v) is 11.4. The van der Waals surface area contributed by atoms with E-state index in [-0.39, 0.29) is 22.9 Å². The number of methoxy groups -OCH3 is 1.